The van der Waals surface area contributed by atoms with Crippen molar-refractivity contribution in [3.8, 4) is 23.2 Å². The Kier molecular flexibility index (Phi) is 7.94. The summed E-state index contributed by atoms with van der Waals surface area (Å²) in [5, 5.41) is 13.7. The average molecular weight is 596 g/mol. The summed E-state index contributed by atoms with van der Waals surface area (Å²) in [6.07, 6.45) is 4.83. The second-order valence-corrected chi connectivity index (χ2v) is 11.8. The number of hydrogen-bond acceptors (Lipinski definition) is 8. The number of piperazine rings is 1. The molecule has 0 unspecified atom stereocenters. The van der Waals surface area contributed by atoms with Gasteiger partial charge >= 0.3 is 0 Å². The number of likely N-dealkylation sites (N-methyl/N-ethyl adjacent to an activating group) is 1. The number of nitrogens with zero attached hydrogens (tertiary/aromatic N) is 7. The first-order valence-electron chi connectivity index (χ1n) is 14.2. The summed E-state index contributed by atoms with van der Waals surface area (Å²) in [6, 6.07) is 9.66. The molecule has 9 nitrogen and oxygen atoms in total. The molecule has 4 aromatic rings. The van der Waals surface area contributed by atoms with Gasteiger partial charge in [0.15, 0.2) is 5.82 Å². The number of halogens is 1. The molecule has 0 bridgehead atoms. The topological polar surface area (TPSA) is 90.0 Å². The molecule has 1 amide bonds. The lowest BCUT2D eigenvalue weighted by atomic mass is 10.0. The lowest BCUT2D eigenvalue weighted by molar-refractivity contribution is -0.128. The van der Waals surface area contributed by atoms with Crippen molar-refractivity contribution in [1.29, 1.82) is 5.26 Å². The van der Waals surface area contributed by atoms with Gasteiger partial charge in [-0.05, 0) is 50.0 Å². The van der Waals surface area contributed by atoms with E-state index in [2.05, 4.69) is 32.4 Å². The van der Waals surface area contributed by atoms with Crippen molar-refractivity contribution in [2.75, 3.05) is 51.3 Å². The molecule has 0 saturated carbocycles. The minimum absolute atomic E-state index is 0.0623. The fraction of sp³-hybridized carbons (Fsp3) is 0.344. The van der Waals surface area contributed by atoms with E-state index in [0.29, 0.717) is 36.3 Å². The number of rotatable bonds is 7. The molecule has 2 aliphatic heterocycles. The number of ether oxygens (including phenoxy) is 1. The summed E-state index contributed by atoms with van der Waals surface area (Å²) in [5.74, 6) is -0.776. The highest BCUT2D eigenvalue weighted by Crippen LogP contribution is 2.40. The Labute approximate surface area is 253 Å². The maximum atomic E-state index is 16.6. The minimum Gasteiger partial charge on any atom is -0.475 e. The SMILES string of the molecule is [C-]#[N+]C[C@H]1CN(c2c(C#N)c(OC[C@@H]3CCCN3C)nc3c(F)c(-c4cccc5sccc45)ncc23)CCN1C(=O)C=C. The summed E-state index contributed by atoms with van der Waals surface area (Å²) in [6.45, 7) is 13.4. The molecular formula is C32H30FN7O2S. The quantitative estimate of drug-likeness (QED) is 0.217. The van der Waals surface area contributed by atoms with Gasteiger partial charge in [-0.15, -0.1) is 11.3 Å². The van der Waals surface area contributed by atoms with Gasteiger partial charge in [0.2, 0.25) is 18.3 Å². The Morgan fingerprint density at radius 2 is 2.16 bits per heavy atom. The first-order chi connectivity index (χ1) is 20.9. The fourth-order valence-electron chi connectivity index (χ4n) is 6.17. The molecule has 2 fully saturated rings. The number of benzene rings is 1. The molecule has 218 valence electrons. The van der Waals surface area contributed by atoms with Crippen LogP contribution in [0.1, 0.15) is 18.4 Å². The van der Waals surface area contributed by atoms with Crippen LogP contribution in [0.2, 0.25) is 0 Å². The van der Waals surface area contributed by atoms with Crippen LogP contribution < -0.4 is 9.64 Å². The van der Waals surface area contributed by atoms with Crippen LogP contribution in [0.15, 0.2) is 48.5 Å². The van der Waals surface area contributed by atoms with Gasteiger partial charge in [0.05, 0.1) is 5.69 Å². The van der Waals surface area contributed by atoms with Gasteiger partial charge in [-0.1, -0.05) is 18.7 Å². The van der Waals surface area contributed by atoms with E-state index < -0.39 is 11.9 Å². The molecule has 1 aromatic carbocycles. The van der Waals surface area contributed by atoms with Crippen LogP contribution in [0.4, 0.5) is 10.1 Å². The van der Waals surface area contributed by atoms with Crippen molar-refractivity contribution in [3.05, 3.63) is 71.3 Å². The van der Waals surface area contributed by atoms with Gasteiger partial charge in [-0.2, -0.15) is 5.26 Å². The van der Waals surface area contributed by atoms with Crippen LogP contribution in [0.25, 0.3) is 37.1 Å². The van der Waals surface area contributed by atoms with Gasteiger partial charge in [0.25, 0.3) is 0 Å². The number of aromatic nitrogens is 2. The van der Waals surface area contributed by atoms with E-state index in [1.165, 1.54) is 6.08 Å². The lowest BCUT2D eigenvalue weighted by Crippen LogP contribution is -2.56. The highest BCUT2D eigenvalue weighted by atomic mass is 32.1. The molecule has 11 heteroatoms. The van der Waals surface area contributed by atoms with E-state index in [1.54, 1.807) is 22.4 Å². The van der Waals surface area contributed by atoms with Crippen molar-refractivity contribution in [3.63, 3.8) is 0 Å². The number of thiophene rings is 1. The van der Waals surface area contributed by atoms with Crippen molar-refractivity contribution in [2.45, 2.75) is 24.9 Å². The first-order valence-corrected chi connectivity index (χ1v) is 15.1. The van der Waals surface area contributed by atoms with Gasteiger partial charge in [-0.25, -0.2) is 15.9 Å². The summed E-state index contributed by atoms with van der Waals surface area (Å²) in [7, 11) is 2.04. The van der Waals surface area contributed by atoms with Gasteiger partial charge in [-0.3, -0.25) is 9.78 Å². The number of amides is 1. The van der Waals surface area contributed by atoms with Crippen LogP contribution in [0, 0.1) is 23.7 Å². The number of carbonyl (C=O) groups is 1. The standard InChI is InChI=1S/C32H30FN7O2S/c1-4-27(41)40-13-12-39(18-21(40)16-35-2)31-24(15-34)32(42-19-20-7-6-11-38(20)3)37-30-25(31)17-36-29(28(30)33)23-8-5-9-26-22(23)10-14-43-26/h4-5,8-10,14,17,20-21H,1,6-7,11-13,16,18-19H2,3H3/t20-,21-/m0/s1. The van der Waals surface area contributed by atoms with Crippen LogP contribution in [0.5, 0.6) is 5.88 Å². The highest BCUT2D eigenvalue weighted by Gasteiger charge is 2.35. The Balaban J connectivity index is 1.50. The van der Waals surface area contributed by atoms with Gasteiger partial charge < -0.3 is 24.3 Å². The maximum absolute atomic E-state index is 16.6. The van der Waals surface area contributed by atoms with Crippen molar-refractivity contribution in [1.82, 2.24) is 19.8 Å². The first kappa shape index (κ1) is 28.5. The minimum atomic E-state index is -0.594. The number of nitriles is 1. The number of likely N-dealkylation sites (tertiary alicyclic amines) is 1. The molecule has 5 heterocycles. The zero-order valence-electron chi connectivity index (χ0n) is 23.8. The average Bonchev–Trinajstić information content (AvgIpc) is 3.68. The monoisotopic (exact) mass is 595 g/mol. The third-order valence-corrected chi connectivity index (χ3v) is 9.30. The van der Waals surface area contributed by atoms with Crippen LogP contribution in [-0.2, 0) is 4.79 Å². The van der Waals surface area contributed by atoms with E-state index >= 15 is 4.39 Å². The Morgan fingerprint density at radius 1 is 1.30 bits per heavy atom. The van der Waals surface area contributed by atoms with E-state index in [0.717, 1.165) is 29.5 Å². The normalized spacial score (nSPS) is 19.0. The number of pyridine rings is 2. The molecule has 0 aliphatic carbocycles. The molecule has 2 aliphatic rings. The largest absolute Gasteiger partial charge is 0.475 e. The van der Waals surface area contributed by atoms with Gasteiger partial charge in [0.1, 0.15) is 35.5 Å². The van der Waals surface area contributed by atoms with E-state index in [9.17, 15) is 10.1 Å². The Bertz CT molecular complexity index is 1810. The third-order valence-electron chi connectivity index (χ3n) is 8.42. The Morgan fingerprint density at radius 3 is 2.91 bits per heavy atom. The zero-order valence-corrected chi connectivity index (χ0v) is 24.6. The Hall–Kier alpha value is -4.58. The maximum Gasteiger partial charge on any atom is 0.246 e. The summed E-state index contributed by atoms with van der Waals surface area (Å²) in [4.78, 5) is 31.1. The van der Waals surface area contributed by atoms with Gasteiger partial charge in [0, 0.05) is 52.9 Å². The number of hydrogen-bond donors (Lipinski definition) is 0. The van der Waals surface area contributed by atoms with E-state index in [1.807, 2.05) is 41.6 Å². The molecule has 6 rings (SSSR count). The molecule has 0 N–H and O–H groups in total. The summed E-state index contributed by atoms with van der Waals surface area (Å²) < 4.78 is 23.8. The van der Waals surface area contributed by atoms with Crippen molar-refractivity contribution < 1.29 is 13.9 Å². The molecular weight excluding hydrogens is 565 g/mol. The zero-order chi connectivity index (χ0) is 30.1. The van der Waals surface area contributed by atoms with E-state index in [4.69, 9.17) is 11.3 Å². The van der Waals surface area contributed by atoms with Crippen molar-refractivity contribution >= 4 is 43.9 Å². The smallest absolute Gasteiger partial charge is 0.246 e. The molecule has 2 atom stereocenters. The molecule has 0 spiro atoms. The number of anilines is 1. The van der Waals surface area contributed by atoms with Crippen LogP contribution in [-0.4, -0.2) is 84.1 Å². The molecule has 3 aromatic heterocycles. The molecule has 43 heavy (non-hydrogen) atoms. The van der Waals surface area contributed by atoms with E-state index in [-0.39, 0.29) is 47.7 Å². The number of fused-ring (bicyclic) bond motifs is 2. The molecule has 2 saturated heterocycles. The summed E-state index contributed by atoms with van der Waals surface area (Å²) >= 11 is 1.57. The fourth-order valence-corrected chi connectivity index (χ4v) is 6.98. The second-order valence-electron chi connectivity index (χ2n) is 10.8. The lowest BCUT2D eigenvalue weighted by Gasteiger charge is -2.40. The van der Waals surface area contributed by atoms with Crippen LogP contribution in [0.3, 0.4) is 0 Å². The molecule has 0 radical (unpaired) electrons. The second kappa shape index (κ2) is 12.0. The number of carbonyl (C=O) groups excluding carboxylic acids is 1. The van der Waals surface area contributed by atoms with Crippen LogP contribution >= 0.6 is 11.3 Å². The van der Waals surface area contributed by atoms with Crippen molar-refractivity contribution in [2.24, 2.45) is 0 Å². The predicted molar refractivity (Wildman–Crippen MR) is 166 cm³/mol. The third kappa shape index (κ3) is 5.16. The predicted octanol–water partition coefficient (Wildman–Crippen LogP) is 5.12. The highest BCUT2D eigenvalue weighted by molar-refractivity contribution is 7.17. The summed E-state index contributed by atoms with van der Waals surface area (Å²) in [5.41, 5.74) is 1.54.